The predicted molar refractivity (Wildman–Crippen MR) is 84.6 cm³/mol. The summed E-state index contributed by atoms with van der Waals surface area (Å²) in [5.41, 5.74) is 5.69. The molecular weight excluding hydrogens is 386 g/mol. The summed E-state index contributed by atoms with van der Waals surface area (Å²) in [6, 6.07) is 1.61. The maximum atomic E-state index is 13.5. The van der Waals surface area contributed by atoms with Gasteiger partial charge in [0.25, 0.3) is 5.92 Å². The molecule has 3 rings (SSSR count). The molecule has 124 valence electrons. The van der Waals surface area contributed by atoms with Gasteiger partial charge in [0, 0.05) is 13.1 Å². The number of alkyl halides is 2. The van der Waals surface area contributed by atoms with Crippen LogP contribution >= 0.6 is 15.9 Å². The summed E-state index contributed by atoms with van der Waals surface area (Å²) >= 11 is 3.29. The van der Waals surface area contributed by atoms with E-state index in [2.05, 4.69) is 36.0 Å². The van der Waals surface area contributed by atoms with Crippen LogP contribution in [0.3, 0.4) is 0 Å². The summed E-state index contributed by atoms with van der Waals surface area (Å²) < 4.78 is 28.8. The van der Waals surface area contributed by atoms with Crippen molar-refractivity contribution in [3.63, 3.8) is 0 Å². The van der Waals surface area contributed by atoms with Gasteiger partial charge in [-0.25, -0.2) is 9.67 Å². The van der Waals surface area contributed by atoms with Crippen LogP contribution in [0.4, 0.5) is 8.78 Å². The molecule has 0 radical (unpaired) electrons. The number of rotatable bonds is 4. The van der Waals surface area contributed by atoms with Gasteiger partial charge in [0.2, 0.25) is 5.91 Å². The highest BCUT2D eigenvalue weighted by Gasteiger charge is 2.27. The van der Waals surface area contributed by atoms with Gasteiger partial charge in [-0.3, -0.25) is 14.8 Å². The van der Waals surface area contributed by atoms with Crippen molar-refractivity contribution in [3.05, 3.63) is 40.6 Å². The first-order valence-electron chi connectivity index (χ1n) is 6.78. The fourth-order valence-electron chi connectivity index (χ4n) is 2.14. The first-order chi connectivity index (χ1) is 11.3. The Morgan fingerprint density at radius 2 is 2.12 bits per heavy atom. The lowest BCUT2D eigenvalue weighted by atomic mass is 10.2. The number of fused-ring (bicyclic) bond motifs is 1. The molecule has 2 N–H and O–H groups in total. The monoisotopic (exact) mass is 396 g/mol. The molecule has 0 atom stereocenters. The molecule has 10 heteroatoms. The van der Waals surface area contributed by atoms with Gasteiger partial charge in [-0.05, 0) is 22.0 Å². The number of hydrogen-bond donors (Lipinski definition) is 1. The van der Waals surface area contributed by atoms with E-state index in [9.17, 15) is 13.6 Å². The fraction of sp³-hybridized carbons (Fsp3) is 0.214. The molecule has 0 unspecified atom stereocenters. The summed E-state index contributed by atoms with van der Waals surface area (Å²) in [5, 5.41) is 4.87. The molecule has 3 heterocycles. The molecular formula is C14H11BrF2N6O. The molecule has 0 aromatic carbocycles. The summed E-state index contributed by atoms with van der Waals surface area (Å²) in [5.74, 6) is -3.53. The number of carbonyl (C=O) groups is 1. The van der Waals surface area contributed by atoms with E-state index >= 15 is 0 Å². The van der Waals surface area contributed by atoms with Crippen molar-refractivity contribution < 1.29 is 13.6 Å². The highest BCUT2D eigenvalue weighted by molar-refractivity contribution is 9.10. The van der Waals surface area contributed by atoms with Gasteiger partial charge in [-0.1, -0.05) is 0 Å². The smallest absolute Gasteiger partial charge is 0.288 e. The van der Waals surface area contributed by atoms with Crippen molar-refractivity contribution in [1.82, 2.24) is 24.7 Å². The number of primary amides is 1. The van der Waals surface area contributed by atoms with Crippen molar-refractivity contribution >= 4 is 32.7 Å². The van der Waals surface area contributed by atoms with Gasteiger partial charge >= 0.3 is 0 Å². The van der Waals surface area contributed by atoms with Crippen LogP contribution in [0.1, 0.15) is 18.3 Å². The Bertz CT molecular complexity index is 937. The van der Waals surface area contributed by atoms with Crippen molar-refractivity contribution in [3.8, 4) is 5.82 Å². The molecule has 0 aliphatic carbocycles. The molecule has 0 aliphatic heterocycles. The fourth-order valence-corrected chi connectivity index (χ4v) is 2.60. The van der Waals surface area contributed by atoms with Gasteiger partial charge < -0.3 is 5.73 Å². The van der Waals surface area contributed by atoms with E-state index in [0.29, 0.717) is 21.2 Å². The molecule has 0 aliphatic rings. The Labute approximate surface area is 143 Å². The van der Waals surface area contributed by atoms with E-state index in [1.54, 1.807) is 6.07 Å². The zero-order valence-electron chi connectivity index (χ0n) is 12.4. The standard InChI is InChI=1S/C14H11BrF2N6O/c1-14(16,17)10-5-19-6-12(21-10)23-9-2-7(3-11(18)24)20-4-8(9)13(15)22-23/h2,4-6H,3H2,1H3,(H2,18,24). The lowest BCUT2D eigenvalue weighted by molar-refractivity contribution is -0.117. The second-order valence-corrected chi connectivity index (χ2v) is 5.94. The quantitative estimate of drug-likeness (QED) is 0.727. The number of pyridine rings is 1. The highest BCUT2D eigenvalue weighted by atomic mass is 79.9. The van der Waals surface area contributed by atoms with Gasteiger partial charge in [-0.2, -0.15) is 13.9 Å². The molecule has 0 spiro atoms. The van der Waals surface area contributed by atoms with Crippen LogP contribution in [0.2, 0.25) is 0 Å². The molecule has 0 saturated carbocycles. The minimum Gasteiger partial charge on any atom is -0.369 e. The topological polar surface area (TPSA) is 99.6 Å². The van der Waals surface area contributed by atoms with E-state index in [0.717, 1.165) is 13.1 Å². The number of nitrogens with two attached hydrogens (primary N) is 1. The number of aromatic nitrogens is 5. The molecule has 3 aromatic heterocycles. The molecule has 24 heavy (non-hydrogen) atoms. The van der Waals surface area contributed by atoms with E-state index in [4.69, 9.17) is 5.73 Å². The SMILES string of the molecule is CC(F)(F)c1cncc(-n2nc(Br)c3cnc(CC(N)=O)cc32)n1. The largest absolute Gasteiger partial charge is 0.369 e. The zero-order chi connectivity index (χ0) is 17.5. The number of hydrogen-bond acceptors (Lipinski definition) is 5. The average molecular weight is 397 g/mol. The Morgan fingerprint density at radius 3 is 2.79 bits per heavy atom. The minimum atomic E-state index is -3.12. The number of nitrogens with zero attached hydrogens (tertiary/aromatic N) is 5. The molecule has 7 nitrogen and oxygen atoms in total. The molecule has 0 fully saturated rings. The lowest BCUT2D eigenvalue weighted by Gasteiger charge is -2.10. The molecule has 3 aromatic rings. The summed E-state index contributed by atoms with van der Waals surface area (Å²) in [6.07, 6.45) is 3.80. The van der Waals surface area contributed by atoms with Crippen LogP contribution < -0.4 is 5.73 Å². The third-order valence-corrected chi connectivity index (χ3v) is 3.81. The van der Waals surface area contributed by atoms with Crippen molar-refractivity contribution in [2.24, 2.45) is 5.73 Å². The first kappa shape index (κ1) is 16.4. The van der Waals surface area contributed by atoms with Gasteiger partial charge in [-0.15, -0.1) is 0 Å². The second kappa shape index (κ2) is 5.86. The summed E-state index contributed by atoms with van der Waals surface area (Å²) in [6.45, 7) is 0.743. The van der Waals surface area contributed by atoms with E-state index in [1.807, 2.05) is 0 Å². The van der Waals surface area contributed by atoms with E-state index < -0.39 is 17.5 Å². The van der Waals surface area contributed by atoms with Gasteiger partial charge in [0.15, 0.2) is 5.82 Å². The zero-order valence-corrected chi connectivity index (χ0v) is 14.0. The van der Waals surface area contributed by atoms with Crippen LogP contribution in [0, 0.1) is 0 Å². The van der Waals surface area contributed by atoms with Crippen molar-refractivity contribution in [1.29, 1.82) is 0 Å². The van der Waals surface area contributed by atoms with Crippen molar-refractivity contribution in [2.75, 3.05) is 0 Å². The van der Waals surface area contributed by atoms with Crippen LogP contribution in [-0.2, 0) is 17.1 Å². The molecule has 0 saturated heterocycles. The lowest BCUT2D eigenvalue weighted by Crippen LogP contribution is -2.15. The maximum Gasteiger partial charge on any atom is 0.288 e. The van der Waals surface area contributed by atoms with Gasteiger partial charge in [0.1, 0.15) is 10.3 Å². The number of amides is 1. The molecule has 0 bridgehead atoms. The average Bonchev–Trinajstić information content (AvgIpc) is 2.83. The third-order valence-electron chi connectivity index (χ3n) is 3.22. The normalized spacial score (nSPS) is 11.8. The summed E-state index contributed by atoms with van der Waals surface area (Å²) in [4.78, 5) is 22.9. The Morgan fingerprint density at radius 1 is 1.38 bits per heavy atom. The van der Waals surface area contributed by atoms with E-state index in [1.165, 1.54) is 17.1 Å². The van der Waals surface area contributed by atoms with Crippen LogP contribution in [0.15, 0.2) is 29.3 Å². The Balaban J connectivity index is 2.17. The third kappa shape index (κ3) is 3.09. The van der Waals surface area contributed by atoms with Crippen LogP contribution in [0.25, 0.3) is 16.7 Å². The first-order valence-corrected chi connectivity index (χ1v) is 7.57. The van der Waals surface area contributed by atoms with E-state index in [-0.39, 0.29) is 12.2 Å². The Kier molecular flexibility index (Phi) is 3.99. The number of halogens is 3. The van der Waals surface area contributed by atoms with Crippen molar-refractivity contribution in [2.45, 2.75) is 19.3 Å². The number of carbonyl (C=O) groups excluding carboxylic acids is 1. The highest BCUT2D eigenvalue weighted by Crippen LogP contribution is 2.28. The second-order valence-electron chi connectivity index (χ2n) is 5.19. The molecule has 1 amide bonds. The van der Waals surface area contributed by atoms with Crippen LogP contribution in [-0.4, -0.2) is 30.6 Å². The minimum absolute atomic E-state index is 0.0442. The maximum absolute atomic E-state index is 13.5. The van der Waals surface area contributed by atoms with Crippen LogP contribution in [0.5, 0.6) is 0 Å². The van der Waals surface area contributed by atoms with Gasteiger partial charge in [0.05, 0.1) is 35.4 Å². The summed E-state index contributed by atoms with van der Waals surface area (Å²) in [7, 11) is 0. The predicted octanol–water partition coefficient (Wildman–Crippen LogP) is 2.11. The Hall–Kier alpha value is -2.49.